The van der Waals surface area contributed by atoms with Crippen LogP contribution in [0.25, 0.3) is 0 Å². The lowest BCUT2D eigenvalue weighted by Gasteiger charge is -2.36. The molecule has 0 aromatic carbocycles. The summed E-state index contributed by atoms with van der Waals surface area (Å²) < 4.78 is 5.60. The largest absolute Gasteiger partial charge is 0.376 e. The lowest BCUT2D eigenvalue weighted by Crippen LogP contribution is -2.39. The van der Waals surface area contributed by atoms with Crippen LogP contribution in [0.3, 0.4) is 0 Å². The van der Waals surface area contributed by atoms with E-state index >= 15 is 0 Å². The molecule has 2 aliphatic heterocycles. The summed E-state index contributed by atoms with van der Waals surface area (Å²) in [6, 6.07) is 2.05. The summed E-state index contributed by atoms with van der Waals surface area (Å²) in [5.41, 5.74) is 0.945. The summed E-state index contributed by atoms with van der Waals surface area (Å²) in [6.07, 6.45) is 3.75. The van der Waals surface area contributed by atoms with E-state index in [9.17, 15) is 0 Å². The van der Waals surface area contributed by atoms with Crippen molar-refractivity contribution in [1.29, 1.82) is 0 Å². The van der Waals surface area contributed by atoms with Crippen molar-refractivity contribution in [2.24, 2.45) is 11.8 Å². The average Bonchev–Trinajstić information content (AvgIpc) is 3.05. The summed E-state index contributed by atoms with van der Waals surface area (Å²) in [5.74, 6) is 2.91. The summed E-state index contributed by atoms with van der Waals surface area (Å²) in [5, 5.41) is 6.88. The van der Waals surface area contributed by atoms with Crippen LogP contribution in [-0.2, 0) is 4.74 Å². The fourth-order valence-corrected chi connectivity index (χ4v) is 3.95. The second-order valence-corrected chi connectivity index (χ2v) is 7.92. The van der Waals surface area contributed by atoms with Gasteiger partial charge in [0, 0.05) is 38.0 Å². The van der Waals surface area contributed by atoms with Crippen LogP contribution < -0.4 is 15.5 Å². The van der Waals surface area contributed by atoms with E-state index in [2.05, 4.69) is 40.4 Å². The molecule has 2 fully saturated rings. The van der Waals surface area contributed by atoms with Crippen LogP contribution in [0.5, 0.6) is 0 Å². The maximum atomic E-state index is 5.60. The third-order valence-electron chi connectivity index (χ3n) is 4.77. The van der Waals surface area contributed by atoms with Crippen molar-refractivity contribution in [3.63, 3.8) is 0 Å². The van der Waals surface area contributed by atoms with Gasteiger partial charge in [-0.25, -0.2) is 4.98 Å². The molecule has 3 rings (SSSR count). The fraction of sp³-hybridized carbons (Fsp3) is 0.722. The minimum atomic E-state index is 0.255. The molecule has 0 bridgehead atoms. The molecule has 2 N–H and O–H groups in total. The van der Waals surface area contributed by atoms with Crippen molar-refractivity contribution in [3.8, 4) is 0 Å². The molecule has 3 atom stereocenters. The van der Waals surface area contributed by atoms with Crippen LogP contribution in [0, 0.1) is 18.8 Å². The highest BCUT2D eigenvalue weighted by molar-refractivity contribution is 7.80. The number of aromatic nitrogens is 2. The zero-order valence-corrected chi connectivity index (χ0v) is 16.2. The molecule has 1 aromatic rings. The van der Waals surface area contributed by atoms with Gasteiger partial charge in [-0.1, -0.05) is 13.8 Å². The lowest BCUT2D eigenvalue weighted by molar-refractivity contribution is 0.114. The molecule has 0 unspecified atom stereocenters. The first-order valence-corrected chi connectivity index (χ1v) is 9.67. The fourth-order valence-electron chi connectivity index (χ4n) is 3.78. The lowest BCUT2D eigenvalue weighted by atomic mass is 9.92. The number of anilines is 2. The molecular weight excluding hydrogens is 334 g/mol. The van der Waals surface area contributed by atoms with E-state index in [-0.39, 0.29) is 6.10 Å². The Bertz CT molecular complexity index is 595. The molecule has 0 aliphatic carbocycles. The van der Waals surface area contributed by atoms with Crippen molar-refractivity contribution in [2.45, 2.75) is 46.1 Å². The van der Waals surface area contributed by atoms with Gasteiger partial charge in [0.15, 0.2) is 5.11 Å². The highest BCUT2D eigenvalue weighted by Gasteiger charge is 2.23. The van der Waals surface area contributed by atoms with Gasteiger partial charge in [0.2, 0.25) is 5.95 Å². The normalized spacial score (nSPS) is 26.5. The van der Waals surface area contributed by atoms with Gasteiger partial charge in [0.1, 0.15) is 5.82 Å². The molecule has 0 saturated carbocycles. The highest BCUT2D eigenvalue weighted by atomic mass is 32.1. The molecule has 0 amide bonds. The number of hydrogen-bond acceptors (Lipinski definition) is 5. The summed E-state index contributed by atoms with van der Waals surface area (Å²) in [6.45, 7) is 10.3. The number of nitrogens with one attached hydrogen (secondary N) is 2. The second kappa shape index (κ2) is 8.27. The van der Waals surface area contributed by atoms with Crippen LogP contribution in [0.2, 0.25) is 0 Å². The van der Waals surface area contributed by atoms with Gasteiger partial charge in [-0.3, -0.25) is 0 Å². The standard InChI is InChI=1S/C18H29N5OS/c1-12-7-13(2)11-23(10-12)16-8-14(3)20-17(21-16)22-18(25)19-9-15-5-4-6-24-15/h8,12-13,15H,4-7,9-11H2,1-3H3,(H2,19,20,21,22,25)/t12-,13-,15-/m0/s1. The summed E-state index contributed by atoms with van der Waals surface area (Å²) in [4.78, 5) is 11.5. The van der Waals surface area contributed by atoms with Crippen LogP contribution in [0.1, 0.15) is 38.8 Å². The molecule has 2 saturated heterocycles. The zero-order valence-electron chi connectivity index (χ0n) is 15.4. The van der Waals surface area contributed by atoms with Crippen molar-refractivity contribution in [1.82, 2.24) is 15.3 Å². The predicted octanol–water partition coefficient (Wildman–Crippen LogP) is 2.73. The van der Waals surface area contributed by atoms with Gasteiger partial charge in [0.25, 0.3) is 0 Å². The molecule has 25 heavy (non-hydrogen) atoms. The van der Waals surface area contributed by atoms with Crippen molar-refractivity contribution in [2.75, 3.05) is 36.5 Å². The first kappa shape index (κ1) is 18.3. The Hall–Kier alpha value is -1.47. The van der Waals surface area contributed by atoms with Crippen LogP contribution >= 0.6 is 12.2 Å². The van der Waals surface area contributed by atoms with E-state index < -0.39 is 0 Å². The second-order valence-electron chi connectivity index (χ2n) is 7.51. The molecule has 7 heteroatoms. The molecule has 1 aromatic heterocycles. The molecule has 3 heterocycles. The van der Waals surface area contributed by atoms with E-state index in [1.165, 1.54) is 6.42 Å². The van der Waals surface area contributed by atoms with E-state index in [1.54, 1.807) is 0 Å². The molecular formula is C18H29N5OS. The number of aryl methyl sites for hydroxylation is 1. The van der Waals surface area contributed by atoms with Crippen molar-refractivity contribution >= 4 is 29.1 Å². The van der Waals surface area contributed by atoms with E-state index in [4.69, 9.17) is 21.9 Å². The smallest absolute Gasteiger partial charge is 0.231 e. The Labute approximate surface area is 155 Å². The molecule has 6 nitrogen and oxygen atoms in total. The Morgan fingerprint density at radius 1 is 1.32 bits per heavy atom. The quantitative estimate of drug-likeness (QED) is 0.798. The first-order chi connectivity index (χ1) is 12.0. The van der Waals surface area contributed by atoms with Crippen LogP contribution in [-0.4, -0.2) is 47.4 Å². The Kier molecular flexibility index (Phi) is 6.06. The van der Waals surface area contributed by atoms with Gasteiger partial charge >= 0.3 is 0 Å². The van der Waals surface area contributed by atoms with E-state index in [0.717, 1.165) is 50.6 Å². The summed E-state index contributed by atoms with van der Waals surface area (Å²) in [7, 11) is 0. The van der Waals surface area contributed by atoms with Crippen LogP contribution in [0.15, 0.2) is 6.07 Å². The Morgan fingerprint density at radius 3 is 2.76 bits per heavy atom. The van der Waals surface area contributed by atoms with E-state index in [1.807, 2.05) is 6.92 Å². The van der Waals surface area contributed by atoms with E-state index in [0.29, 0.717) is 22.9 Å². The molecule has 138 valence electrons. The number of nitrogens with zero attached hydrogens (tertiary/aromatic N) is 3. The van der Waals surface area contributed by atoms with Gasteiger partial charge in [-0.15, -0.1) is 0 Å². The monoisotopic (exact) mass is 363 g/mol. The number of piperidine rings is 1. The number of rotatable bonds is 4. The Morgan fingerprint density at radius 2 is 2.08 bits per heavy atom. The molecule has 0 radical (unpaired) electrons. The number of thiocarbonyl (C=S) groups is 1. The minimum Gasteiger partial charge on any atom is -0.376 e. The maximum absolute atomic E-state index is 5.60. The van der Waals surface area contributed by atoms with Gasteiger partial charge in [-0.2, -0.15) is 4.98 Å². The van der Waals surface area contributed by atoms with Gasteiger partial charge in [-0.05, 0) is 50.2 Å². The number of hydrogen-bond donors (Lipinski definition) is 2. The molecule has 0 spiro atoms. The topological polar surface area (TPSA) is 62.3 Å². The zero-order chi connectivity index (χ0) is 17.8. The predicted molar refractivity (Wildman–Crippen MR) is 105 cm³/mol. The van der Waals surface area contributed by atoms with Gasteiger partial charge in [0.05, 0.1) is 6.10 Å². The number of ether oxygens (including phenoxy) is 1. The van der Waals surface area contributed by atoms with Gasteiger partial charge < -0.3 is 20.3 Å². The Balaban J connectivity index is 1.61. The average molecular weight is 364 g/mol. The first-order valence-electron chi connectivity index (χ1n) is 9.26. The van der Waals surface area contributed by atoms with Crippen LogP contribution in [0.4, 0.5) is 11.8 Å². The maximum Gasteiger partial charge on any atom is 0.231 e. The SMILES string of the molecule is Cc1cc(N2C[C@@H](C)C[C@H](C)C2)nc(NC(=S)NC[C@@H]2CCCO2)n1. The summed E-state index contributed by atoms with van der Waals surface area (Å²) >= 11 is 5.38. The molecule has 2 aliphatic rings. The minimum absolute atomic E-state index is 0.255. The third kappa shape index (κ3) is 5.25. The van der Waals surface area contributed by atoms with Crippen molar-refractivity contribution in [3.05, 3.63) is 11.8 Å². The third-order valence-corrected chi connectivity index (χ3v) is 5.02. The van der Waals surface area contributed by atoms with Crippen molar-refractivity contribution < 1.29 is 4.74 Å². The highest BCUT2D eigenvalue weighted by Crippen LogP contribution is 2.26.